The number of nitrogens with zero attached hydrogens (tertiary/aromatic N) is 1. The fourth-order valence-electron chi connectivity index (χ4n) is 2.59. The lowest BCUT2D eigenvalue weighted by Crippen LogP contribution is -2.22. The summed E-state index contributed by atoms with van der Waals surface area (Å²) in [5, 5.41) is 0. The molecule has 2 saturated heterocycles. The lowest BCUT2D eigenvalue weighted by molar-refractivity contribution is 0.200. The lowest BCUT2D eigenvalue weighted by atomic mass is 10.0. The second kappa shape index (κ2) is 4.42. The van der Waals surface area contributed by atoms with Gasteiger partial charge in [-0.3, -0.25) is 0 Å². The molecule has 3 atom stereocenters. The predicted molar refractivity (Wildman–Crippen MR) is 63.9 cm³/mol. The second-order valence-corrected chi connectivity index (χ2v) is 5.80. The number of hydrogen-bond donors (Lipinski definition) is 0. The Morgan fingerprint density at radius 2 is 2.19 bits per heavy atom. The van der Waals surface area contributed by atoms with E-state index in [-0.39, 0.29) is 6.10 Å². The summed E-state index contributed by atoms with van der Waals surface area (Å²) in [6.07, 6.45) is 2.69. The van der Waals surface area contributed by atoms with Crippen molar-refractivity contribution in [1.29, 1.82) is 0 Å². The average Bonchev–Trinajstić information content (AvgIpc) is 2.91. The zero-order chi connectivity index (χ0) is 11.0. The number of rotatable bonds is 2. The Labute approximate surface area is 97.3 Å². The van der Waals surface area contributed by atoms with Gasteiger partial charge in [0.2, 0.25) is 0 Å². The quantitative estimate of drug-likeness (QED) is 0.738. The largest absolute Gasteiger partial charge is 0.325 e. The van der Waals surface area contributed by atoms with Crippen molar-refractivity contribution >= 4 is 8.53 Å². The van der Waals surface area contributed by atoms with Crippen LogP contribution in [0.15, 0.2) is 30.3 Å². The van der Waals surface area contributed by atoms with Gasteiger partial charge in [-0.05, 0) is 18.4 Å². The van der Waals surface area contributed by atoms with Gasteiger partial charge < -0.3 is 9.05 Å². The third kappa shape index (κ3) is 1.68. The fraction of sp³-hybridized carbons (Fsp3) is 0.500. The molecule has 2 aliphatic rings. The van der Waals surface area contributed by atoms with Crippen LogP contribution in [0.5, 0.6) is 0 Å². The van der Waals surface area contributed by atoms with Crippen molar-refractivity contribution in [2.75, 3.05) is 13.7 Å². The Balaban J connectivity index is 1.87. The first kappa shape index (κ1) is 10.7. The van der Waals surface area contributed by atoms with Gasteiger partial charge in [-0.25, -0.2) is 4.67 Å². The van der Waals surface area contributed by atoms with Gasteiger partial charge in [0.15, 0.2) is 0 Å². The molecule has 3 rings (SSSR count). The first-order valence-corrected chi connectivity index (χ1v) is 6.85. The zero-order valence-electron chi connectivity index (χ0n) is 9.37. The van der Waals surface area contributed by atoms with Crippen LogP contribution in [0.1, 0.15) is 24.5 Å². The van der Waals surface area contributed by atoms with Crippen LogP contribution in [0.4, 0.5) is 0 Å². The molecule has 0 radical (unpaired) electrons. The van der Waals surface area contributed by atoms with E-state index in [9.17, 15) is 0 Å². The lowest BCUT2D eigenvalue weighted by Gasteiger charge is -2.17. The van der Waals surface area contributed by atoms with Gasteiger partial charge in [0.25, 0.3) is 8.53 Å². The Kier molecular flexibility index (Phi) is 2.95. The molecule has 0 amide bonds. The standard InChI is InChI=1S/C12H16NO2P/c1-14-16-13-9-5-8-11(13)12(15-16)10-6-3-2-4-7-10/h2-4,6-7,11-12H,5,8-9H2,1H3/t11-,12+,16-/m1/s1. The van der Waals surface area contributed by atoms with Crippen LogP contribution in [0, 0.1) is 0 Å². The van der Waals surface area contributed by atoms with E-state index in [0.29, 0.717) is 6.04 Å². The van der Waals surface area contributed by atoms with Gasteiger partial charge in [-0.2, -0.15) is 0 Å². The molecule has 16 heavy (non-hydrogen) atoms. The molecule has 3 nitrogen and oxygen atoms in total. The van der Waals surface area contributed by atoms with Crippen LogP contribution in [0.25, 0.3) is 0 Å². The molecule has 2 aliphatic heterocycles. The maximum Gasteiger partial charge on any atom is 0.259 e. The van der Waals surface area contributed by atoms with E-state index in [4.69, 9.17) is 9.05 Å². The van der Waals surface area contributed by atoms with Crippen molar-refractivity contribution in [2.45, 2.75) is 25.0 Å². The first-order chi connectivity index (χ1) is 7.90. The summed E-state index contributed by atoms with van der Waals surface area (Å²) in [5.74, 6) is 0. The molecule has 0 aromatic heterocycles. The van der Waals surface area contributed by atoms with E-state index in [1.54, 1.807) is 7.11 Å². The highest BCUT2D eigenvalue weighted by atomic mass is 31.2. The summed E-state index contributed by atoms with van der Waals surface area (Å²) in [5.41, 5.74) is 1.28. The van der Waals surface area contributed by atoms with Crippen molar-refractivity contribution in [2.24, 2.45) is 0 Å². The summed E-state index contributed by atoms with van der Waals surface area (Å²) in [6, 6.07) is 11.0. The molecular weight excluding hydrogens is 221 g/mol. The molecule has 0 bridgehead atoms. The van der Waals surface area contributed by atoms with Crippen LogP contribution in [0.3, 0.4) is 0 Å². The predicted octanol–water partition coefficient (Wildman–Crippen LogP) is 3.10. The Morgan fingerprint density at radius 3 is 2.94 bits per heavy atom. The molecule has 0 aliphatic carbocycles. The van der Waals surface area contributed by atoms with Crippen molar-refractivity contribution in [1.82, 2.24) is 4.67 Å². The molecule has 0 spiro atoms. The molecule has 0 saturated carbocycles. The van der Waals surface area contributed by atoms with Crippen molar-refractivity contribution in [3.8, 4) is 0 Å². The molecule has 1 aromatic carbocycles. The van der Waals surface area contributed by atoms with Gasteiger partial charge in [-0.1, -0.05) is 30.3 Å². The molecular formula is C12H16NO2P. The van der Waals surface area contributed by atoms with E-state index in [0.717, 1.165) is 6.54 Å². The molecule has 4 heteroatoms. The third-order valence-corrected chi connectivity index (χ3v) is 4.95. The third-order valence-electron chi connectivity index (χ3n) is 3.32. The SMILES string of the molecule is CO[P@]1O[C@@H](c2ccccc2)[C@H]2CCCN21. The smallest absolute Gasteiger partial charge is 0.259 e. The van der Waals surface area contributed by atoms with Crippen molar-refractivity contribution < 1.29 is 9.05 Å². The minimum absolute atomic E-state index is 0.203. The van der Waals surface area contributed by atoms with Crippen molar-refractivity contribution in [3.05, 3.63) is 35.9 Å². The maximum atomic E-state index is 6.03. The maximum absolute atomic E-state index is 6.03. The molecule has 0 N–H and O–H groups in total. The number of hydrogen-bond acceptors (Lipinski definition) is 3. The van der Waals surface area contributed by atoms with E-state index in [2.05, 4.69) is 28.9 Å². The zero-order valence-corrected chi connectivity index (χ0v) is 10.3. The summed E-state index contributed by atoms with van der Waals surface area (Å²) in [4.78, 5) is 0. The van der Waals surface area contributed by atoms with E-state index < -0.39 is 8.53 Å². The summed E-state index contributed by atoms with van der Waals surface area (Å²) < 4.78 is 13.9. The van der Waals surface area contributed by atoms with E-state index >= 15 is 0 Å². The van der Waals surface area contributed by atoms with Crippen LogP contribution in [-0.4, -0.2) is 24.4 Å². The van der Waals surface area contributed by atoms with Gasteiger partial charge in [0.1, 0.15) is 6.10 Å². The Bertz CT molecular complexity index is 359. The summed E-state index contributed by atoms with van der Waals surface area (Å²) >= 11 is 0. The second-order valence-electron chi connectivity index (χ2n) is 4.23. The Hall–Kier alpha value is -0.470. The van der Waals surface area contributed by atoms with E-state index in [1.807, 2.05) is 6.07 Å². The van der Waals surface area contributed by atoms with Gasteiger partial charge >= 0.3 is 0 Å². The van der Waals surface area contributed by atoms with Crippen LogP contribution >= 0.6 is 8.53 Å². The highest BCUT2D eigenvalue weighted by Crippen LogP contribution is 2.59. The monoisotopic (exact) mass is 237 g/mol. The highest BCUT2D eigenvalue weighted by Gasteiger charge is 2.46. The van der Waals surface area contributed by atoms with Crippen LogP contribution in [-0.2, 0) is 9.05 Å². The average molecular weight is 237 g/mol. The topological polar surface area (TPSA) is 21.7 Å². The first-order valence-electron chi connectivity index (χ1n) is 5.72. The highest BCUT2D eigenvalue weighted by molar-refractivity contribution is 7.44. The minimum atomic E-state index is -0.813. The van der Waals surface area contributed by atoms with Gasteiger partial charge in [0, 0.05) is 19.7 Å². The summed E-state index contributed by atoms with van der Waals surface area (Å²) in [7, 11) is 0.932. The normalized spacial score (nSPS) is 34.2. The van der Waals surface area contributed by atoms with Crippen LogP contribution in [0.2, 0.25) is 0 Å². The van der Waals surface area contributed by atoms with E-state index in [1.165, 1.54) is 18.4 Å². The van der Waals surface area contributed by atoms with Gasteiger partial charge in [0.05, 0.1) is 0 Å². The van der Waals surface area contributed by atoms with Gasteiger partial charge in [-0.15, -0.1) is 0 Å². The Morgan fingerprint density at radius 1 is 1.38 bits per heavy atom. The molecule has 2 heterocycles. The fourth-order valence-corrected chi connectivity index (χ4v) is 4.25. The number of fused-ring (bicyclic) bond motifs is 1. The summed E-state index contributed by atoms with van der Waals surface area (Å²) in [6.45, 7) is 1.12. The molecule has 86 valence electrons. The van der Waals surface area contributed by atoms with Crippen molar-refractivity contribution in [3.63, 3.8) is 0 Å². The minimum Gasteiger partial charge on any atom is -0.325 e. The number of benzene rings is 1. The molecule has 2 fully saturated rings. The molecule has 1 aromatic rings. The van der Waals surface area contributed by atoms with Crippen LogP contribution < -0.4 is 0 Å². The molecule has 0 unspecified atom stereocenters.